The molecule has 2 amide bonds. The largest absolute Gasteiger partial charge is 0.416 e. The van der Waals surface area contributed by atoms with Gasteiger partial charge in [-0.25, -0.2) is 0 Å². The van der Waals surface area contributed by atoms with Crippen LogP contribution in [0.3, 0.4) is 0 Å². The van der Waals surface area contributed by atoms with Crippen molar-refractivity contribution in [2.75, 3.05) is 5.75 Å². The van der Waals surface area contributed by atoms with E-state index in [9.17, 15) is 22.8 Å². The summed E-state index contributed by atoms with van der Waals surface area (Å²) in [6.07, 6.45) is -1.35. The molecule has 0 N–H and O–H groups in total. The lowest BCUT2D eigenvalue weighted by Crippen LogP contribution is -2.51. The normalized spacial score (nSPS) is 27.8. The highest BCUT2D eigenvalue weighted by Crippen LogP contribution is 2.48. The van der Waals surface area contributed by atoms with E-state index in [1.54, 1.807) is 21.6 Å². The topological polar surface area (TPSA) is 40.6 Å². The summed E-state index contributed by atoms with van der Waals surface area (Å²) in [6, 6.07) is 4.62. The number of rotatable bonds is 4. The number of alkyl halides is 3. The Morgan fingerprint density at radius 1 is 1.30 bits per heavy atom. The molecule has 4 nitrogen and oxygen atoms in total. The summed E-state index contributed by atoms with van der Waals surface area (Å²) in [5.41, 5.74) is -0.0226. The van der Waals surface area contributed by atoms with Crippen LogP contribution in [0.5, 0.6) is 0 Å². The van der Waals surface area contributed by atoms with Crippen LogP contribution in [0.1, 0.15) is 43.7 Å². The van der Waals surface area contributed by atoms with E-state index in [0.717, 1.165) is 31.4 Å². The molecule has 27 heavy (non-hydrogen) atoms. The minimum absolute atomic E-state index is 0.0196. The third-order valence-corrected chi connectivity index (χ3v) is 7.14. The van der Waals surface area contributed by atoms with E-state index < -0.39 is 17.8 Å². The Labute approximate surface area is 160 Å². The van der Waals surface area contributed by atoms with Crippen LogP contribution >= 0.6 is 11.8 Å². The summed E-state index contributed by atoms with van der Waals surface area (Å²) in [6.45, 7) is 2.29. The number of hydrogen-bond donors (Lipinski definition) is 0. The van der Waals surface area contributed by atoms with Gasteiger partial charge in [0.25, 0.3) is 0 Å². The first-order valence-corrected chi connectivity index (χ1v) is 10.1. The van der Waals surface area contributed by atoms with Crippen LogP contribution in [0.25, 0.3) is 0 Å². The first-order valence-electron chi connectivity index (χ1n) is 9.12. The van der Waals surface area contributed by atoms with Crippen molar-refractivity contribution < 1.29 is 22.8 Å². The third kappa shape index (κ3) is 3.44. The molecule has 3 fully saturated rings. The molecule has 2 aliphatic heterocycles. The number of benzene rings is 1. The van der Waals surface area contributed by atoms with E-state index in [4.69, 9.17) is 0 Å². The van der Waals surface area contributed by atoms with Gasteiger partial charge >= 0.3 is 6.18 Å². The van der Waals surface area contributed by atoms with Crippen LogP contribution in [0.2, 0.25) is 0 Å². The SMILES string of the molecule is CC12CCC(=O)N1C(C(=O)N(Cc1ccc(C(F)(F)F)cc1)C1CC1)CS2. The fourth-order valence-corrected chi connectivity index (χ4v) is 5.39. The molecule has 1 saturated carbocycles. The van der Waals surface area contributed by atoms with Crippen LogP contribution < -0.4 is 0 Å². The van der Waals surface area contributed by atoms with Crippen LogP contribution in [0.15, 0.2) is 24.3 Å². The number of carbonyl (C=O) groups excluding carboxylic acids is 2. The maximum atomic E-state index is 13.2. The van der Waals surface area contributed by atoms with E-state index in [1.165, 1.54) is 12.1 Å². The maximum absolute atomic E-state index is 13.2. The molecule has 1 aromatic carbocycles. The molecule has 2 saturated heterocycles. The number of hydrogen-bond acceptors (Lipinski definition) is 3. The smallest absolute Gasteiger partial charge is 0.334 e. The molecule has 2 unspecified atom stereocenters. The fourth-order valence-electron chi connectivity index (χ4n) is 3.96. The highest BCUT2D eigenvalue weighted by atomic mass is 32.2. The second kappa shape index (κ2) is 6.43. The number of thioether (sulfide) groups is 1. The highest BCUT2D eigenvalue weighted by Gasteiger charge is 2.54. The molecule has 4 rings (SSSR count). The molecule has 146 valence electrons. The van der Waals surface area contributed by atoms with Crippen LogP contribution in [-0.4, -0.2) is 44.3 Å². The first kappa shape index (κ1) is 18.7. The van der Waals surface area contributed by atoms with Gasteiger partial charge in [0.05, 0.1) is 10.4 Å². The number of amides is 2. The lowest BCUT2D eigenvalue weighted by Gasteiger charge is -2.33. The van der Waals surface area contributed by atoms with E-state index in [-0.39, 0.29) is 29.3 Å². The molecule has 8 heteroatoms. The molecule has 2 heterocycles. The van der Waals surface area contributed by atoms with Crippen LogP contribution in [-0.2, 0) is 22.3 Å². The molecule has 0 spiro atoms. The van der Waals surface area contributed by atoms with Gasteiger partial charge in [-0.3, -0.25) is 9.59 Å². The van der Waals surface area contributed by atoms with Crippen molar-refractivity contribution in [1.82, 2.24) is 9.80 Å². The maximum Gasteiger partial charge on any atom is 0.416 e. The van der Waals surface area contributed by atoms with Gasteiger partial charge in [0, 0.05) is 24.8 Å². The lowest BCUT2D eigenvalue weighted by molar-refractivity contribution is -0.144. The monoisotopic (exact) mass is 398 g/mol. The predicted octanol–water partition coefficient (Wildman–Crippen LogP) is 3.65. The molecule has 0 aromatic heterocycles. The highest BCUT2D eigenvalue weighted by molar-refractivity contribution is 8.01. The van der Waals surface area contributed by atoms with Crippen LogP contribution in [0.4, 0.5) is 13.2 Å². The number of carbonyl (C=O) groups is 2. The molecule has 1 aromatic rings. The van der Waals surface area contributed by atoms with Gasteiger partial charge in [0.1, 0.15) is 6.04 Å². The van der Waals surface area contributed by atoms with E-state index in [1.807, 2.05) is 6.92 Å². The van der Waals surface area contributed by atoms with Crippen molar-refractivity contribution in [3.05, 3.63) is 35.4 Å². The first-order chi connectivity index (χ1) is 12.7. The second-order valence-corrected chi connectivity index (χ2v) is 9.16. The second-order valence-electron chi connectivity index (χ2n) is 7.66. The zero-order chi connectivity index (χ0) is 19.4. The number of fused-ring (bicyclic) bond motifs is 1. The molecule has 1 aliphatic carbocycles. The molecule has 0 bridgehead atoms. The zero-order valence-electron chi connectivity index (χ0n) is 15.0. The van der Waals surface area contributed by atoms with Gasteiger partial charge in [-0.05, 0) is 43.9 Å². The van der Waals surface area contributed by atoms with Gasteiger partial charge in [-0.15, -0.1) is 11.8 Å². The standard InChI is InChI=1S/C19H21F3N2O2S/c1-18-9-8-16(25)24(18)15(11-27-18)17(26)23(14-6-7-14)10-12-2-4-13(5-3-12)19(20,21)22/h2-5,14-15H,6-11H2,1H3. The van der Waals surface area contributed by atoms with Gasteiger partial charge in [0.2, 0.25) is 11.8 Å². The van der Waals surface area contributed by atoms with Crippen molar-refractivity contribution in [2.24, 2.45) is 0 Å². The number of halogens is 3. The van der Waals surface area contributed by atoms with E-state index >= 15 is 0 Å². The average Bonchev–Trinajstić information content (AvgIpc) is 3.33. The molecular formula is C19H21F3N2O2S. The van der Waals surface area contributed by atoms with Gasteiger partial charge in [-0.1, -0.05) is 12.1 Å². The lowest BCUT2D eigenvalue weighted by atomic mass is 10.1. The minimum Gasteiger partial charge on any atom is -0.334 e. The Morgan fingerprint density at radius 3 is 2.56 bits per heavy atom. The summed E-state index contributed by atoms with van der Waals surface area (Å²) < 4.78 is 38.2. The van der Waals surface area contributed by atoms with E-state index in [2.05, 4.69) is 0 Å². The Balaban J connectivity index is 1.52. The number of nitrogens with zero attached hydrogens (tertiary/aromatic N) is 2. The quantitative estimate of drug-likeness (QED) is 0.777. The van der Waals surface area contributed by atoms with E-state index in [0.29, 0.717) is 17.7 Å². The van der Waals surface area contributed by atoms with Crippen LogP contribution in [0, 0.1) is 0 Å². The summed E-state index contributed by atoms with van der Waals surface area (Å²) in [5.74, 6) is 0.520. The predicted molar refractivity (Wildman–Crippen MR) is 95.7 cm³/mol. The van der Waals surface area contributed by atoms with Crippen molar-refractivity contribution >= 4 is 23.6 Å². The summed E-state index contributed by atoms with van der Waals surface area (Å²) in [4.78, 5) is 28.7. The summed E-state index contributed by atoms with van der Waals surface area (Å²) in [5, 5.41) is 0. The van der Waals surface area contributed by atoms with Crippen molar-refractivity contribution in [3.63, 3.8) is 0 Å². The van der Waals surface area contributed by atoms with Crippen molar-refractivity contribution in [1.29, 1.82) is 0 Å². The Bertz CT molecular complexity index is 763. The fraction of sp³-hybridized carbons (Fsp3) is 0.579. The molecule has 0 radical (unpaired) electrons. The van der Waals surface area contributed by atoms with Crippen molar-refractivity contribution in [2.45, 2.75) is 62.3 Å². The Morgan fingerprint density at radius 2 is 1.96 bits per heavy atom. The zero-order valence-corrected chi connectivity index (χ0v) is 15.8. The third-order valence-electron chi connectivity index (χ3n) is 5.63. The average molecular weight is 398 g/mol. The summed E-state index contributed by atoms with van der Waals surface area (Å²) >= 11 is 1.65. The Hall–Kier alpha value is -1.70. The van der Waals surface area contributed by atoms with Gasteiger partial charge in [0.15, 0.2) is 0 Å². The molecule has 2 atom stereocenters. The minimum atomic E-state index is -4.37. The molecular weight excluding hydrogens is 377 g/mol. The Kier molecular flexibility index (Phi) is 4.44. The van der Waals surface area contributed by atoms with Gasteiger partial charge < -0.3 is 9.80 Å². The van der Waals surface area contributed by atoms with Gasteiger partial charge in [-0.2, -0.15) is 13.2 Å². The summed E-state index contributed by atoms with van der Waals surface area (Å²) in [7, 11) is 0. The molecule has 3 aliphatic rings. The van der Waals surface area contributed by atoms with Crippen molar-refractivity contribution in [3.8, 4) is 0 Å².